The Morgan fingerprint density at radius 2 is 1.48 bits per heavy atom. The van der Waals surface area contributed by atoms with Gasteiger partial charge in [0.2, 0.25) is 0 Å². The zero-order valence-electron chi connectivity index (χ0n) is 13.1. The molecule has 0 amide bonds. The molecule has 132 valence electrons. The van der Waals surface area contributed by atoms with Crippen LogP contribution in [-0.2, 0) is 19.6 Å². The van der Waals surface area contributed by atoms with Crippen molar-refractivity contribution in [3.8, 4) is 11.1 Å². The van der Waals surface area contributed by atoms with Crippen LogP contribution in [-0.4, -0.2) is 39.1 Å². The van der Waals surface area contributed by atoms with Crippen molar-refractivity contribution in [2.24, 2.45) is 0 Å². The van der Waals surface area contributed by atoms with E-state index >= 15 is 0 Å². The summed E-state index contributed by atoms with van der Waals surface area (Å²) in [6, 6.07) is 7.59. The molecular formula is C16H13ClO7S. The quantitative estimate of drug-likeness (QED) is 0.637. The van der Waals surface area contributed by atoms with Gasteiger partial charge >= 0.3 is 11.9 Å². The molecule has 0 radical (unpaired) electrons. The van der Waals surface area contributed by atoms with Crippen LogP contribution in [0.2, 0.25) is 5.02 Å². The van der Waals surface area contributed by atoms with Gasteiger partial charge in [0.1, 0.15) is 4.90 Å². The highest BCUT2D eigenvalue weighted by molar-refractivity contribution is 7.86. The fourth-order valence-corrected chi connectivity index (χ4v) is 3.07. The lowest BCUT2D eigenvalue weighted by Crippen LogP contribution is -2.08. The third-order valence-corrected chi connectivity index (χ3v) is 4.45. The minimum atomic E-state index is -4.57. The van der Waals surface area contributed by atoms with Crippen LogP contribution >= 0.6 is 11.6 Å². The monoisotopic (exact) mass is 384 g/mol. The zero-order chi connectivity index (χ0) is 18.8. The second-order valence-corrected chi connectivity index (χ2v) is 6.72. The topological polar surface area (TPSA) is 107 Å². The van der Waals surface area contributed by atoms with E-state index in [1.807, 2.05) is 0 Å². The number of ether oxygens (including phenoxy) is 2. The van der Waals surface area contributed by atoms with Gasteiger partial charge in [0.15, 0.2) is 0 Å². The van der Waals surface area contributed by atoms with Gasteiger partial charge in [-0.2, -0.15) is 8.42 Å². The minimum absolute atomic E-state index is 0.00154. The number of carbonyl (C=O) groups is 2. The molecule has 0 atom stereocenters. The van der Waals surface area contributed by atoms with Crippen molar-refractivity contribution in [3.05, 3.63) is 52.5 Å². The van der Waals surface area contributed by atoms with Gasteiger partial charge in [-0.25, -0.2) is 9.59 Å². The van der Waals surface area contributed by atoms with Gasteiger partial charge in [0, 0.05) is 10.6 Å². The van der Waals surface area contributed by atoms with E-state index in [1.54, 1.807) is 0 Å². The molecule has 25 heavy (non-hydrogen) atoms. The van der Waals surface area contributed by atoms with Crippen molar-refractivity contribution in [1.82, 2.24) is 0 Å². The van der Waals surface area contributed by atoms with Gasteiger partial charge in [-0.1, -0.05) is 11.6 Å². The fourth-order valence-electron chi connectivity index (χ4n) is 2.21. The first-order chi connectivity index (χ1) is 11.7. The van der Waals surface area contributed by atoms with Crippen LogP contribution in [0.5, 0.6) is 0 Å². The van der Waals surface area contributed by atoms with E-state index in [9.17, 15) is 22.6 Å². The Morgan fingerprint density at radius 1 is 0.960 bits per heavy atom. The number of esters is 2. The van der Waals surface area contributed by atoms with Crippen molar-refractivity contribution in [2.75, 3.05) is 14.2 Å². The van der Waals surface area contributed by atoms with Crippen LogP contribution in [0.3, 0.4) is 0 Å². The van der Waals surface area contributed by atoms with Crippen LogP contribution < -0.4 is 0 Å². The van der Waals surface area contributed by atoms with Crippen molar-refractivity contribution in [1.29, 1.82) is 0 Å². The molecule has 7 nitrogen and oxygen atoms in total. The first-order valence-corrected chi connectivity index (χ1v) is 8.58. The molecule has 0 aliphatic carbocycles. The van der Waals surface area contributed by atoms with Gasteiger partial charge < -0.3 is 9.47 Å². The first-order valence-electron chi connectivity index (χ1n) is 6.76. The minimum Gasteiger partial charge on any atom is -0.465 e. The van der Waals surface area contributed by atoms with E-state index in [4.69, 9.17) is 11.6 Å². The second-order valence-electron chi connectivity index (χ2n) is 4.90. The third-order valence-electron chi connectivity index (χ3n) is 3.31. The number of hydrogen-bond acceptors (Lipinski definition) is 6. The SMILES string of the molecule is COC(=O)c1cc(C(=O)OC)cc(-c2cc(Cl)ccc2S(=O)(=O)O)c1. The van der Waals surface area contributed by atoms with Gasteiger partial charge in [-0.05, 0) is 42.0 Å². The average molecular weight is 385 g/mol. The summed E-state index contributed by atoms with van der Waals surface area (Å²) in [6.45, 7) is 0. The van der Waals surface area contributed by atoms with Crippen LogP contribution in [0.1, 0.15) is 20.7 Å². The predicted octanol–water partition coefficient (Wildman–Crippen LogP) is 2.83. The van der Waals surface area contributed by atoms with Crippen molar-refractivity contribution in [2.45, 2.75) is 4.90 Å². The van der Waals surface area contributed by atoms with Gasteiger partial charge in [0.05, 0.1) is 25.3 Å². The molecule has 0 aliphatic heterocycles. The van der Waals surface area contributed by atoms with E-state index in [0.717, 1.165) is 20.3 Å². The van der Waals surface area contributed by atoms with E-state index in [0.29, 0.717) is 0 Å². The lowest BCUT2D eigenvalue weighted by atomic mass is 9.99. The molecule has 0 fully saturated rings. The molecule has 0 spiro atoms. The first kappa shape index (κ1) is 18.9. The summed E-state index contributed by atoms with van der Waals surface area (Å²) < 4.78 is 41.9. The Kier molecular flexibility index (Phi) is 5.46. The highest BCUT2D eigenvalue weighted by atomic mass is 35.5. The Balaban J connectivity index is 2.81. The Hall–Kier alpha value is -2.42. The summed E-state index contributed by atoms with van der Waals surface area (Å²) in [4.78, 5) is 23.3. The predicted molar refractivity (Wildman–Crippen MR) is 89.4 cm³/mol. The van der Waals surface area contributed by atoms with Crippen LogP contribution in [0, 0.1) is 0 Å². The van der Waals surface area contributed by atoms with Crippen molar-refractivity contribution >= 4 is 33.7 Å². The van der Waals surface area contributed by atoms with Gasteiger partial charge in [0.25, 0.3) is 10.1 Å². The highest BCUT2D eigenvalue weighted by Gasteiger charge is 2.20. The molecule has 0 saturated heterocycles. The van der Waals surface area contributed by atoms with Crippen LogP contribution in [0.15, 0.2) is 41.3 Å². The molecule has 2 aromatic carbocycles. The molecule has 2 aromatic rings. The molecular weight excluding hydrogens is 372 g/mol. The van der Waals surface area contributed by atoms with E-state index in [2.05, 4.69) is 9.47 Å². The third kappa shape index (κ3) is 4.16. The van der Waals surface area contributed by atoms with Gasteiger partial charge in [-0.15, -0.1) is 0 Å². The smallest absolute Gasteiger partial charge is 0.337 e. The summed E-state index contributed by atoms with van der Waals surface area (Å²) in [6.07, 6.45) is 0. The van der Waals surface area contributed by atoms with Crippen molar-refractivity contribution < 1.29 is 32.0 Å². The fraction of sp³-hybridized carbons (Fsp3) is 0.125. The maximum absolute atomic E-state index is 11.8. The molecule has 9 heteroatoms. The number of methoxy groups -OCH3 is 2. The summed E-state index contributed by atoms with van der Waals surface area (Å²) in [5.41, 5.74) is 0.188. The standard InChI is InChI=1S/C16H13ClO7S/c1-23-15(18)10-5-9(6-11(7-10)16(19)24-2)13-8-12(17)3-4-14(13)25(20,21)22/h3-8H,1-2H3,(H,20,21,22). The van der Waals surface area contributed by atoms with Crippen LogP contribution in [0.25, 0.3) is 11.1 Å². The molecule has 0 unspecified atom stereocenters. The number of halogens is 1. The molecule has 0 bridgehead atoms. The summed E-state index contributed by atoms with van der Waals surface area (Å²) in [5, 5.41) is 0.200. The van der Waals surface area contributed by atoms with E-state index < -0.39 is 27.0 Å². The summed E-state index contributed by atoms with van der Waals surface area (Å²) >= 11 is 5.92. The largest absolute Gasteiger partial charge is 0.465 e. The maximum Gasteiger partial charge on any atom is 0.337 e. The van der Waals surface area contributed by atoms with E-state index in [-0.39, 0.29) is 27.3 Å². The molecule has 0 aliphatic rings. The number of rotatable bonds is 4. The Bertz CT molecular complexity index is 917. The number of benzene rings is 2. The lowest BCUT2D eigenvalue weighted by molar-refractivity contribution is 0.0599. The Labute approximate surface area is 148 Å². The second kappa shape index (κ2) is 7.22. The summed E-state index contributed by atoms with van der Waals surface area (Å²) in [7, 11) is -2.24. The molecule has 1 N–H and O–H groups in total. The number of carbonyl (C=O) groups excluding carboxylic acids is 2. The lowest BCUT2D eigenvalue weighted by Gasteiger charge is -2.11. The van der Waals surface area contributed by atoms with E-state index in [1.165, 1.54) is 30.3 Å². The molecule has 2 rings (SSSR count). The van der Waals surface area contributed by atoms with Crippen LogP contribution in [0.4, 0.5) is 0 Å². The highest BCUT2D eigenvalue weighted by Crippen LogP contribution is 2.32. The van der Waals surface area contributed by atoms with Gasteiger partial charge in [-0.3, -0.25) is 4.55 Å². The number of hydrogen-bond donors (Lipinski definition) is 1. The zero-order valence-corrected chi connectivity index (χ0v) is 14.7. The molecule has 0 saturated carbocycles. The average Bonchev–Trinajstić information content (AvgIpc) is 2.58. The Morgan fingerprint density at radius 3 is 1.92 bits per heavy atom. The van der Waals surface area contributed by atoms with Crippen molar-refractivity contribution in [3.63, 3.8) is 0 Å². The normalized spacial score (nSPS) is 11.0. The molecule has 0 heterocycles. The maximum atomic E-state index is 11.8. The molecule has 0 aromatic heterocycles. The summed E-state index contributed by atoms with van der Waals surface area (Å²) in [5.74, 6) is -1.47.